The molecule has 0 aromatic rings. The maximum atomic E-state index is 10.5. The van der Waals surface area contributed by atoms with Crippen LogP contribution in [0.25, 0.3) is 0 Å². The Morgan fingerprint density at radius 3 is 3.07 bits per heavy atom. The van der Waals surface area contributed by atoms with Gasteiger partial charge in [0.2, 0.25) is 0 Å². The molecular weight excluding hydrogens is 174 g/mol. The zero-order valence-corrected chi connectivity index (χ0v) is 8.87. The van der Waals surface area contributed by atoms with Gasteiger partial charge in [-0.05, 0) is 50.0 Å². The minimum absolute atomic E-state index is 0.675. The monoisotopic (exact) mass is 195 g/mol. The fraction of sp³-hybridized carbons (Fsp3) is 0.667. The molecule has 2 N–H and O–H groups in total. The molecule has 2 heteroatoms. The number of rotatable bonds is 5. The summed E-state index contributed by atoms with van der Waals surface area (Å²) in [6.07, 6.45) is 12.3. The van der Waals surface area contributed by atoms with Gasteiger partial charge in [0.1, 0.15) is 0 Å². The Morgan fingerprint density at radius 1 is 1.50 bits per heavy atom. The molecule has 0 radical (unpaired) electrons. The molecule has 1 fully saturated rings. The topological polar surface area (TPSA) is 39.7 Å². The normalized spacial score (nSPS) is 25.2. The van der Waals surface area contributed by atoms with Crippen LogP contribution in [0.15, 0.2) is 24.4 Å². The van der Waals surface area contributed by atoms with Crippen molar-refractivity contribution in [2.24, 2.45) is 5.92 Å². The van der Waals surface area contributed by atoms with Crippen LogP contribution in [0.3, 0.4) is 0 Å². The third-order valence-electron chi connectivity index (χ3n) is 3.04. The van der Waals surface area contributed by atoms with Crippen LogP contribution >= 0.6 is 0 Å². The van der Waals surface area contributed by atoms with Crippen molar-refractivity contribution in [2.45, 2.75) is 44.9 Å². The van der Waals surface area contributed by atoms with Crippen LogP contribution in [-0.2, 0) is 0 Å². The zero-order valence-electron chi connectivity index (χ0n) is 8.87. The summed E-state index contributed by atoms with van der Waals surface area (Å²) < 4.78 is 0. The van der Waals surface area contributed by atoms with Gasteiger partial charge in [0.15, 0.2) is 0 Å². The van der Waals surface area contributed by atoms with Gasteiger partial charge in [-0.15, -0.1) is 6.58 Å². The molecule has 1 aliphatic carbocycles. The van der Waals surface area contributed by atoms with Crippen molar-refractivity contribution < 1.29 is 5.48 Å². The summed E-state index contributed by atoms with van der Waals surface area (Å²) in [6, 6.07) is 0. The Bertz CT molecular complexity index is 198. The van der Waals surface area contributed by atoms with Crippen LogP contribution in [0.4, 0.5) is 0 Å². The largest absolute Gasteiger partial charge is 0.631 e. The van der Waals surface area contributed by atoms with E-state index in [4.69, 9.17) is 0 Å². The average molecular weight is 195 g/mol. The molecule has 0 amide bonds. The van der Waals surface area contributed by atoms with E-state index in [9.17, 15) is 5.21 Å². The third kappa shape index (κ3) is 3.64. The smallest absolute Gasteiger partial charge is 0.0920 e. The maximum Gasteiger partial charge on any atom is 0.0920 e. The molecule has 1 unspecified atom stereocenters. The molecule has 0 heterocycles. The van der Waals surface area contributed by atoms with Gasteiger partial charge in [0.25, 0.3) is 0 Å². The van der Waals surface area contributed by atoms with Crippen molar-refractivity contribution in [3.05, 3.63) is 29.6 Å². The third-order valence-corrected chi connectivity index (χ3v) is 3.04. The fourth-order valence-electron chi connectivity index (χ4n) is 2.25. The van der Waals surface area contributed by atoms with Crippen LogP contribution in [0, 0.1) is 11.1 Å². The highest BCUT2D eigenvalue weighted by atomic mass is 16.5. The Kier molecular flexibility index (Phi) is 5.57. The highest BCUT2D eigenvalue weighted by molar-refractivity contribution is 5.05. The SMILES string of the molecule is C=CCCCC1CCCC/C1=C/[NH2+][O-]. The van der Waals surface area contributed by atoms with Gasteiger partial charge in [-0.1, -0.05) is 12.5 Å². The molecule has 0 aliphatic heterocycles. The van der Waals surface area contributed by atoms with Crippen LogP contribution in [0.1, 0.15) is 44.9 Å². The van der Waals surface area contributed by atoms with E-state index < -0.39 is 0 Å². The average Bonchev–Trinajstić information content (AvgIpc) is 2.21. The molecule has 1 atom stereocenters. The Hall–Kier alpha value is -0.600. The molecule has 0 spiro atoms. The number of nitrogens with two attached hydrogens (primary N) is 1. The van der Waals surface area contributed by atoms with Crippen LogP contribution in [0.2, 0.25) is 0 Å². The molecule has 1 rings (SSSR count). The lowest BCUT2D eigenvalue weighted by molar-refractivity contribution is -0.516. The first kappa shape index (κ1) is 11.5. The van der Waals surface area contributed by atoms with Crippen molar-refractivity contribution in [1.29, 1.82) is 0 Å². The van der Waals surface area contributed by atoms with Gasteiger partial charge >= 0.3 is 0 Å². The quantitative estimate of drug-likeness (QED) is 0.408. The number of hydroxylamine groups is 1. The molecule has 0 aromatic carbocycles. The molecule has 80 valence electrons. The first-order valence-corrected chi connectivity index (χ1v) is 5.63. The minimum atomic E-state index is 0.675. The minimum Gasteiger partial charge on any atom is -0.631 e. The molecule has 1 saturated carbocycles. The number of hydrogen-bond donors (Lipinski definition) is 1. The van der Waals surface area contributed by atoms with Gasteiger partial charge in [0, 0.05) is 0 Å². The van der Waals surface area contributed by atoms with Crippen molar-refractivity contribution >= 4 is 0 Å². The van der Waals surface area contributed by atoms with Crippen LogP contribution in [0.5, 0.6) is 0 Å². The first-order valence-electron chi connectivity index (χ1n) is 5.63. The van der Waals surface area contributed by atoms with E-state index in [1.165, 1.54) is 37.7 Å². The van der Waals surface area contributed by atoms with Crippen molar-refractivity contribution in [2.75, 3.05) is 0 Å². The van der Waals surface area contributed by atoms with Gasteiger partial charge in [0.05, 0.1) is 6.20 Å². The second-order valence-corrected chi connectivity index (χ2v) is 4.04. The summed E-state index contributed by atoms with van der Waals surface area (Å²) in [5.41, 5.74) is 2.33. The first-order chi connectivity index (χ1) is 6.88. The van der Waals surface area contributed by atoms with Gasteiger partial charge in [-0.3, -0.25) is 0 Å². The zero-order chi connectivity index (χ0) is 10.2. The summed E-state index contributed by atoms with van der Waals surface area (Å²) >= 11 is 0. The van der Waals surface area contributed by atoms with Gasteiger partial charge in [-0.25, -0.2) is 0 Å². The lowest BCUT2D eigenvalue weighted by Crippen LogP contribution is -2.70. The predicted octanol–water partition coefficient (Wildman–Crippen LogP) is 2.48. The second kappa shape index (κ2) is 6.80. The van der Waals surface area contributed by atoms with E-state index in [-0.39, 0.29) is 0 Å². The van der Waals surface area contributed by atoms with Crippen molar-refractivity contribution in [3.8, 4) is 0 Å². The van der Waals surface area contributed by atoms with E-state index in [0.29, 0.717) is 5.92 Å². The van der Waals surface area contributed by atoms with Crippen LogP contribution in [-0.4, -0.2) is 0 Å². The Morgan fingerprint density at radius 2 is 2.36 bits per heavy atom. The Labute approximate surface area is 86.7 Å². The predicted molar refractivity (Wildman–Crippen MR) is 59.4 cm³/mol. The number of hydrogen-bond acceptors (Lipinski definition) is 1. The van der Waals surface area contributed by atoms with E-state index in [1.807, 2.05) is 6.08 Å². The molecule has 2 nitrogen and oxygen atoms in total. The van der Waals surface area contributed by atoms with Crippen LogP contribution < -0.4 is 5.48 Å². The fourth-order valence-corrected chi connectivity index (χ4v) is 2.25. The molecule has 0 saturated heterocycles. The van der Waals surface area contributed by atoms with E-state index in [1.54, 1.807) is 6.20 Å². The molecule has 14 heavy (non-hydrogen) atoms. The standard InChI is InChI=1S/C12H21NO/c1-2-3-4-7-11-8-5-6-9-12(11)10-13-14/h2,10-11H,1,3-9,13H2/b12-10-. The highest BCUT2D eigenvalue weighted by Crippen LogP contribution is 2.32. The Balaban J connectivity index is 2.37. The summed E-state index contributed by atoms with van der Waals surface area (Å²) in [7, 11) is 0. The molecule has 0 bridgehead atoms. The molecule has 1 aliphatic rings. The van der Waals surface area contributed by atoms with Crippen molar-refractivity contribution in [3.63, 3.8) is 0 Å². The van der Waals surface area contributed by atoms with E-state index in [2.05, 4.69) is 6.58 Å². The van der Waals surface area contributed by atoms with E-state index >= 15 is 0 Å². The maximum absolute atomic E-state index is 10.5. The number of allylic oxidation sites excluding steroid dienone is 2. The lowest BCUT2D eigenvalue weighted by Gasteiger charge is -2.24. The highest BCUT2D eigenvalue weighted by Gasteiger charge is 2.18. The van der Waals surface area contributed by atoms with Crippen molar-refractivity contribution in [1.82, 2.24) is 0 Å². The summed E-state index contributed by atoms with van der Waals surface area (Å²) in [4.78, 5) is 0. The number of quaternary nitrogens is 1. The summed E-state index contributed by atoms with van der Waals surface area (Å²) in [5.74, 6) is 0.675. The van der Waals surface area contributed by atoms with Gasteiger partial charge in [-0.2, -0.15) is 0 Å². The molecular formula is C12H21NO. The second-order valence-electron chi connectivity index (χ2n) is 4.04. The summed E-state index contributed by atoms with van der Waals surface area (Å²) in [5, 5.41) is 10.5. The lowest BCUT2D eigenvalue weighted by atomic mass is 9.82. The number of unbranched alkanes of at least 4 members (excludes halogenated alkanes) is 1. The van der Waals surface area contributed by atoms with E-state index in [0.717, 1.165) is 18.3 Å². The van der Waals surface area contributed by atoms with Gasteiger partial charge < -0.3 is 10.7 Å². The molecule has 0 aromatic heterocycles. The summed E-state index contributed by atoms with van der Waals surface area (Å²) in [6.45, 7) is 3.73.